The average Bonchev–Trinajstić information content (AvgIpc) is 3.32. The number of carbonyl (C=O) groups excluding carboxylic acids is 1. The first-order chi connectivity index (χ1) is 13.8. The third kappa shape index (κ3) is 3.54. The largest absolute Gasteiger partial charge is 0.347 e. The van der Waals surface area contributed by atoms with Gasteiger partial charge in [0.1, 0.15) is 5.71 Å². The average molecular weight is 374 g/mol. The van der Waals surface area contributed by atoms with E-state index in [1.807, 2.05) is 53.5 Å². The van der Waals surface area contributed by atoms with Crippen LogP contribution in [0.15, 0.2) is 65.8 Å². The predicted octanol–water partition coefficient (Wildman–Crippen LogP) is 3.35. The van der Waals surface area contributed by atoms with Gasteiger partial charge in [0.25, 0.3) is 5.91 Å². The minimum atomic E-state index is -0.0120. The predicted molar refractivity (Wildman–Crippen MR) is 111 cm³/mol. The number of likely N-dealkylation sites (tertiary alicyclic amines) is 1. The van der Waals surface area contributed by atoms with E-state index in [4.69, 9.17) is 5.10 Å². The lowest BCUT2D eigenvalue weighted by Crippen LogP contribution is -2.40. The molecule has 3 aliphatic rings. The first kappa shape index (κ1) is 17.4. The fourth-order valence-electron chi connectivity index (χ4n) is 4.35. The first-order valence-corrected chi connectivity index (χ1v) is 10.3. The van der Waals surface area contributed by atoms with Crippen LogP contribution in [0.1, 0.15) is 37.3 Å². The van der Waals surface area contributed by atoms with Gasteiger partial charge in [0.2, 0.25) is 0 Å². The molecule has 2 fully saturated rings. The highest BCUT2D eigenvalue weighted by atomic mass is 16.2. The monoisotopic (exact) mass is 374 g/mol. The van der Waals surface area contributed by atoms with Crippen molar-refractivity contribution in [3.8, 4) is 0 Å². The summed E-state index contributed by atoms with van der Waals surface area (Å²) in [6.45, 7) is 2.08. The van der Waals surface area contributed by atoms with E-state index in [0.29, 0.717) is 12.1 Å². The Morgan fingerprint density at radius 2 is 1.68 bits per heavy atom. The van der Waals surface area contributed by atoms with E-state index in [0.717, 1.165) is 31.2 Å². The van der Waals surface area contributed by atoms with E-state index in [-0.39, 0.29) is 18.0 Å². The molecule has 1 amide bonds. The molecule has 0 radical (unpaired) electrons. The zero-order chi connectivity index (χ0) is 18.9. The number of hydrogen-bond donors (Lipinski definition) is 1. The lowest BCUT2D eigenvalue weighted by molar-refractivity contribution is -0.115. The number of hydrogen-bond acceptors (Lipinski definition) is 4. The number of amides is 1. The first-order valence-electron chi connectivity index (χ1n) is 10.3. The third-order valence-corrected chi connectivity index (χ3v) is 6.00. The molecule has 1 N–H and O–H groups in total. The Morgan fingerprint density at radius 1 is 0.964 bits per heavy atom. The summed E-state index contributed by atoms with van der Waals surface area (Å²) in [6.07, 6.45) is 4.31. The lowest BCUT2D eigenvalue weighted by atomic mass is 10.0. The normalized spacial score (nSPS) is 25.0. The fourth-order valence-corrected chi connectivity index (χ4v) is 4.35. The molecule has 2 heterocycles. The number of nitrogens with zero attached hydrogens (tertiary/aromatic N) is 3. The summed E-state index contributed by atoms with van der Waals surface area (Å²) < 4.78 is 0. The van der Waals surface area contributed by atoms with Crippen molar-refractivity contribution in [2.24, 2.45) is 5.10 Å². The van der Waals surface area contributed by atoms with Gasteiger partial charge in [-0.1, -0.05) is 48.5 Å². The van der Waals surface area contributed by atoms with Crippen LogP contribution in [0.3, 0.4) is 0 Å². The molecule has 2 aromatic rings. The van der Waals surface area contributed by atoms with Gasteiger partial charge in [-0.05, 0) is 37.0 Å². The molecule has 28 heavy (non-hydrogen) atoms. The third-order valence-electron chi connectivity index (χ3n) is 6.00. The van der Waals surface area contributed by atoms with Crippen molar-refractivity contribution in [1.29, 1.82) is 0 Å². The van der Waals surface area contributed by atoms with Crippen molar-refractivity contribution in [3.63, 3.8) is 0 Å². The molecule has 2 aliphatic heterocycles. The molecule has 2 aromatic carbocycles. The van der Waals surface area contributed by atoms with Crippen molar-refractivity contribution in [2.75, 3.05) is 18.1 Å². The number of carbonyl (C=O) groups is 1. The van der Waals surface area contributed by atoms with Gasteiger partial charge in [-0.25, -0.2) is 0 Å². The van der Waals surface area contributed by atoms with E-state index >= 15 is 0 Å². The molecule has 144 valence electrons. The maximum Gasteiger partial charge on any atom is 0.267 e. The smallest absolute Gasteiger partial charge is 0.267 e. The second kappa shape index (κ2) is 7.40. The molecule has 0 spiro atoms. The molecule has 1 saturated heterocycles. The summed E-state index contributed by atoms with van der Waals surface area (Å²) in [4.78, 5) is 15.5. The molecule has 1 saturated carbocycles. The van der Waals surface area contributed by atoms with Crippen LogP contribution >= 0.6 is 0 Å². The molecule has 1 aliphatic carbocycles. The van der Waals surface area contributed by atoms with Gasteiger partial charge >= 0.3 is 0 Å². The van der Waals surface area contributed by atoms with Crippen molar-refractivity contribution in [1.82, 2.24) is 10.2 Å². The molecule has 5 heteroatoms. The SMILES string of the molecule is O=C(NC1CCN(C2CC2)C1)C1=NN(c2ccccc2)C(c2ccccc2)C1. The number of hydrazone groups is 1. The maximum atomic E-state index is 13.0. The zero-order valence-electron chi connectivity index (χ0n) is 16.0. The Hall–Kier alpha value is -2.66. The van der Waals surface area contributed by atoms with Gasteiger partial charge < -0.3 is 5.32 Å². The van der Waals surface area contributed by atoms with Gasteiger partial charge in [-0.3, -0.25) is 14.7 Å². The highest BCUT2D eigenvalue weighted by Gasteiger charge is 2.37. The van der Waals surface area contributed by atoms with E-state index in [9.17, 15) is 4.79 Å². The topological polar surface area (TPSA) is 47.9 Å². The quantitative estimate of drug-likeness (QED) is 0.873. The summed E-state index contributed by atoms with van der Waals surface area (Å²) in [5.74, 6) is -0.0120. The summed E-state index contributed by atoms with van der Waals surface area (Å²) in [5.41, 5.74) is 2.82. The van der Waals surface area contributed by atoms with E-state index in [2.05, 4.69) is 22.3 Å². The Balaban J connectivity index is 1.33. The minimum absolute atomic E-state index is 0.0120. The second-order valence-electron chi connectivity index (χ2n) is 8.04. The highest BCUT2D eigenvalue weighted by Crippen LogP contribution is 2.35. The highest BCUT2D eigenvalue weighted by molar-refractivity contribution is 6.39. The Morgan fingerprint density at radius 3 is 2.39 bits per heavy atom. The Kier molecular flexibility index (Phi) is 4.61. The molecule has 2 unspecified atom stereocenters. The molecular weight excluding hydrogens is 348 g/mol. The van der Waals surface area contributed by atoms with Crippen LogP contribution in [0.2, 0.25) is 0 Å². The number of rotatable bonds is 5. The van der Waals surface area contributed by atoms with Crippen molar-refractivity contribution in [3.05, 3.63) is 66.2 Å². The standard InChI is InChI=1S/C23H26N4O/c28-23(24-18-13-14-26(16-18)19-11-12-19)21-15-22(17-7-3-1-4-8-17)27(25-21)20-9-5-2-6-10-20/h1-10,18-19,22H,11-16H2,(H,24,28). The van der Waals surface area contributed by atoms with Crippen LogP contribution in [-0.4, -0.2) is 41.7 Å². The Labute approximate surface area is 166 Å². The van der Waals surface area contributed by atoms with Gasteiger partial charge in [-0.15, -0.1) is 0 Å². The van der Waals surface area contributed by atoms with Crippen LogP contribution in [0, 0.1) is 0 Å². The van der Waals surface area contributed by atoms with Crippen molar-refractivity contribution >= 4 is 17.3 Å². The summed E-state index contributed by atoms with van der Waals surface area (Å²) in [5, 5.41) is 9.98. The molecule has 5 rings (SSSR count). The summed E-state index contributed by atoms with van der Waals surface area (Å²) in [7, 11) is 0. The number of benzene rings is 2. The molecular formula is C23H26N4O. The van der Waals surface area contributed by atoms with Crippen molar-refractivity contribution < 1.29 is 4.79 Å². The number of nitrogens with one attached hydrogen (secondary N) is 1. The van der Waals surface area contributed by atoms with Gasteiger partial charge in [0, 0.05) is 31.6 Å². The van der Waals surface area contributed by atoms with Crippen LogP contribution < -0.4 is 10.3 Å². The van der Waals surface area contributed by atoms with Crippen LogP contribution in [-0.2, 0) is 4.79 Å². The minimum Gasteiger partial charge on any atom is -0.347 e. The maximum absolute atomic E-state index is 13.0. The summed E-state index contributed by atoms with van der Waals surface area (Å²) in [6, 6.07) is 21.5. The number of anilines is 1. The van der Waals surface area contributed by atoms with Crippen molar-refractivity contribution in [2.45, 2.75) is 43.8 Å². The van der Waals surface area contributed by atoms with Gasteiger partial charge in [-0.2, -0.15) is 5.10 Å². The molecule has 0 aromatic heterocycles. The fraction of sp³-hybridized carbons (Fsp3) is 0.391. The zero-order valence-corrected chi connectivity index (χ0v) is 16.0. The molecule has 2 atom stereocenters. The number of para-hydroxylation sites is 1. The summed E-state index contributed by atoms with van der Waals surface area (Å²) >= 11 is 0. The van der Waals surface area contributed by atoms with E-state index in [1.54, 1.807) is 0 Å². The van der Waals surface area contributed by atoms with E-state index < -0.39 is 0 Å². The lowest BCUT2D eigenvalue weighted by Gasteiger charge is -2.23. The van der Waals surface area contributed by atoms with Gasteiger partial charge in [0.05, 0.1) is 11.7 Å². The van der Waals surface area contributed by atoms with Gasteiger partial charge in [0.15, 0.2) is 0 Å². The van der Waals surface area contributed by atoms with Crippen LogP contribution in [0.5, 0.6) is 0 Å². The molecule has 0 bridgehead atoms. The van der Waals surface area contributed by atoms with Crippen LogP contribution in [0.25, 0.3) is 0 Å². The van der Waals surface area contributed by atoms with E-state index in [1.165, 1.54) is 18.4 Å². The van der Waals surface area contributed by atoms with Crippen LogP contribution in [0.4, 0.5) is 5.69 Å². The molecule has 5 nitrogen and oxygen atoms in total. The second-order valence-corrected chi connectivity index (χ2v) is 8.04. The Bertz CT molecular complexity index is 863.